The van der Waals surface area contributed by atoms with E-state index in [1.54, 1.807) is 6.08 Å². The maximum atomic E-state index is 12.7. The highest BCUT2D eigenvalue weighted by Gasteiger charge is 2.27. The molecule has 10 heteroatoms. The molecule has 0 aliphatic carbocycles. The number of hydrogen-bond acceptors (Lipinski definition) is 7. The highest BCUT2D eigenvalue weighted by molar-refractivity contribution is 7.47. The van der Waals surface area contributed by atoms with Crippen LogP contribution in [0.1, 0.15) is 187 Å². The lowest BCUT2D eigenvalue weighted by Crippen LogP contribution is -2.46. The lowest BCUT2D eigenvalue weighted by atomic mass is 10.0. The van der Waals surface area contributed by atoms with Crippen LogP contribution in [-0.4, -0.2) is 59.0 Å². The molecule has 0 rings (SSSR count). The Labute approximate surface area is 295 Å². The summed E-state index contributed by atoms with van der Waals surface area (Å²) in [6.45, 7) is 3.96. The van der Waals surface area contributed by atoms with Gasteiger partial charge in [0.15, 0.2) is 0 Å². The molecule has 4 unspecified atom stereocenters. The average Bonchev–Trinajstić information content (AvgIpc) is 3.06. The maximum absolute atomic E-state index is 12.7. The monoisotopic (exact) mass is 705 g/mol. The number of allylic oxidation sites excluding steroid dienone is 1. The summed E-state index contributed by atoms with van der Waals surface area (Å²) in [6.07, 6.45) is 32.9. The number of carbonyl (C=O) groups excluding carboxylic acids is 1. The number of carbonyl (C=O) groups is 1. The average molecular weight is 705 g/mol. The molecule has 0 radical (unpaired) electrons. The zero-order valence-corrected chi connectivity index (χ0v) is 32.0. The van der Waals surface area contributed by atoms with Crippen LogP contribution in [0.4, 0.5) is 0 Å². The summed E-state index contributed by atoms with van der Waals surface area (Å²) in [5.74, 6) is -0.445. The van der Waals surface area contributed by atoms with Gasteiger partial charge in [-0.05, 0) is 19.3 Å². The maximum Gasteiger partial charge on any atom is 0.472 e. The van der Waals surface area contributed by atoms with Gasteiger partial charge in [0.2, 0.25) is 5.91 Å². The van der Waals surface area contributed by atoms with E-state index in [2.05, 4.69) is 19.2 Å². The Balaban J connectivity index is 4.40. The summed E-state index contributed by atoms with van der Waals surface area (Å²) in [5, 5.41) is 23.9. The van der Waals surface area contributed by atoms with Crippen molar-refractivity contribution in [3.05, 3.63) is 12.2 Å². The minimum atomic E-state index is -4.39. The molecule has 0 heterocycles. The molecule has 0 aromatic carbocycles. The van der Waals surface area contributed by atoms with Crippen molar-refractivity contribution >= 4 is 13.7 Å². The Hall–Kier alpha value is -0.800. The Kier molecular flexibility index (Phi) is 34.1. The SMILES string of the molecule is CCCCCCCCCCCCCC/C=C/C(O)C(COP(=O)(O)OCCN)NC(=O)CC(O)CCCCCCCCCCCCCC. The van der Waals surface area contributed by atoms with E-state index in [0.717, 1.165) is 38.5 Å². The third-order valence-corrected chi connectivity index (χ3v) is 9.90. The number of phosphoric ester groups is 1. The lowest BCUT2D eigenvalue weighted by Gasteiger charge is -2.24. The van der Waals surface area contributed by atoms with Crippen LogP contribution < -0.4 is 11.1 Å². The summed E-state index contributed by atoms with van der Waals surface area (Å²) in [4.78, 5) is 22.7. The molecule has 286 valence electrons. The van der Waals surface area contributed by atoms with Crippen LogP contribution in [0.15, 0.2) is 12.2 Å². The number of nitrogens with one attached hydrogen (secondary N) is 1. The fourth-order valence-electron chi connectivity index (χ4n) is 5.88. The van der Waals surface area contributed by atoms with Crippen LogP contribution in [0.5, 0.6) is 0 Å². The number of nitrogens with two attached hydrogens (primary N) is 1. The lowest BCUT2D eigenvalue weighted by molar-refractivity contribution is -0.124. The van der Waals surface area contributed by atoms with E-state index in [9.17, 15) is 24.5 Å². The highest BCUT2D eigenvalue weighted by Crippen LogP contribution is 2.43. The van der Waals surface area contributed by atoms with Gasteiger partial charge in [0.05, 0.1) is 37.9 Å². The molecular weight excluding hydrogens is 627 g/mol. The summed E-state index contributed by atoms with van der Waals surface area (Å²) < 4.78 is 22.0. The molecule has 9 nitrogen and oxygen atoms in total. The zero-order chi connectivity index (χ0) is 35.6. The van der Waals surface area contributed by atoms with Gasteiger partial charge in [0, 0.05) is 6.54 Å². The predicted molar refractivity (Wildman–Crippen MR) is 200 cm³/mol. The van der Waals surface area contributed by atoms with Crippen molar-refractivity contribution in [2.24, 2.45) is 5.73 Å². The van der Waals surface area contributed by atoms with Gasteiger partial charge in [0.1, 0.15) is 0 Å². The van der Waals surface area contributed by atoms with E-state index in [0.29, 0.717) is 6.42 Å². The van der Waals surface area contributed by atoms with E-state index in [4.69, 9.17) is 14.8 Å². The van der Waals surface area contributed by atoms with E-state index >= 15 is 0 Å². The first kappa shape index (κ1) is 47.2. The first-order valence-corrected chi connectivity index (χ1v) is 21.4. The van der Waals surface area contributed by atoms with E-state index < -0.39 is 38.6 Å². The zero-order valence-electron chi connectivity index (χ0n) is 31.1. The van der Waals surface area contributed by atoms with Crippen LogP contribution >= 0.6 is 7.82 Å². The van der Waals surface area contributed by atoms with Gasteiger partial charge in [-0.25, -0.2) is 4.57 Å². The molecule has 0 aromatic rings. The number of aliphatic hydroxyl groups is 2. The number of hydrogen-bond donors (Lipinski definition) is 5. The van der Waals surface area contributed by atoms with Gasteiger partial charge >= 0.3 is 7.82 Å². The third-order valence-electron chi connectivity index (χ3n) is 8.92. The van der Waals surface area contributed by atoms with E-state index in [1.165, 1.54) is 122 Å². The van der Waals surface area contributed by atoms with Crippen molar-refractivity contribution < 1.29 is 33.5 Å². The van der Waals surface area contributed by atoms with Crippen molar-refractivity contribution in [3.63, 3.8) is 0 Å². The fraction of sp³-hybridized carbons (Fsp3) is 0.921. The number of rotatable bonds is 37. The molecule has 0 aliphatic rings. The van der Waals surface area contributed by atoms with Gasteiger partial charge in [-0.3, -0.25) is 13.8 Å². The fourth-order valence-corrected chi connectivity index (χ4v) is 6.64. The Bertz CT molecular complexity index is 786. The van der Waals surface area contributed by atoms with Crippen molar-refractivity contribution in [2.75, 3.05) is 19.8 Å². The molecule has 0 saturated carbocycles. The molecule has 48 heavy (non-hydrogen) atoms. The summed E-state index contributed by atoms with van der Waals surface area (Å²) in [6, 6.07) is -0.975. The predicted octanol–water partition coefficient (Wildman–Crippen LogP) is 9.41. The smallest absolute Gasteiger partial charge is 0.393 e. The second-order valence-corrected chi connectivity index (χ2v) is 15.1. The number of unbranched alkanes of at least 4 members (excludes halogenated alkanes) is 23. The minimum Gasteiger partial charge on any atom is -0.393 e. The highest BCUT2D eigenvalue weighted by atomic mass is 31.2. The molecule has 0 fully saturated rings. The molecule has 0 spiro atoms. The van der Waals surface area contributed by atoms with Crippen molar-refractivity contribution in [1.29, 1.82) is 0 Å². The van der Waals surface area contributed by atoms with Crippen LogP contribution in [0.25, 0.3) is 0 Å². The molecule has 0 aliphatic heterocycles. The molecule has 4 atom stereocenters. The number of phosphoric acid groups is 1. The molecule has 1 amide bonds. The first-order chi connectivity index (χ1) is 23.3. The Morgan fingerprint density at radius 1 is 0.708 bits per heavy atom. The summed E-state index contributed by atoms with van der Waals surface area (Å²) >= 11 is 0. The molecule has 0 bridgehead atoms. The largest absolute Gasteiger partial charge is 0.472 e. The second kappa shape index (κ2) is 34.6. The van der Waals surface area contributed by atoms with Crippen molar-refractivity contribution in [2.45, 2.75) is 205 Å². The van der Waals surface area contributed by atoms with Crippen LogP contribution in [-0.2, 0) is 18.4 Å². The van der Waals surface area contributed by atoms with Crippen LogP contribution in [0.2, 0.25) is 0 Å². The number of aliphatic hydroxyl groups excluding tert-OH is 2. The normalized spacial score (nSPS) is 15.0. The van der Waals surface area contributed by atoms with Gasteiger partial charge in [-0.2, -0.15) is 0 Å². The van der Waals surface area contributed by atoms with E-state index in [1.807, 2.05) is 6.08 Å². The van der Waals surface area contributed by atoms with Gasteiger partial charge in [-0.1, -0.05) is 174 Å². The van der Waals surface area contributed by atoms with Gasteiger partial charge < -0.3 is 26.2 Å². The van der Waals surface area contributed by atoms with Gasteiger partial charge in [0.25, 0.3) is 0 Å². The summed E-state index contributed by atoms with van der Waals surface area (Å²) in [5.41, 5.74) is 5.35. The van der Waals surface area contributed by atoms with Crippen LogP contribution in [0.3, 0.4) is 0 Å². The topological polar surface area (TPSA) is 151 Å². The molecular formula is C38H77N2O7P. The van der Waals surface area contributed by atoms with Crippen molar-refractivity contribution in [3.8, 4) is 0 Å². The van der Waals surface area contributed by atoms with E-state index in [-0.39, 0.29) is 19.6 Å². The summed E-state index contributed by atoms with van der Waals surface area (Å²) in [7, 11) is -4.39. The van der Waals surface area contributed by atoms with Gasteiger partial charge in [-0.15, -0.1) is 0 Å². The third kappa shape index (κ3) is 32.4. The Morgan fingerprint density at radius 3 is 1.60 bits per heavy atom. The first-order valence-electron chi connectivity index (χ1n) is 19.9. The van der Waals surface area contributed by atoms with Crippen molar-refractivity contribution in [1.82, 2.24) is 5.32 Å². The quantitative estimate of drug-likeness (QED) is 0.0244. The molecule has 0 aromatic heterocycles. The Morgan fingerprint density at radius 2 is 1.15 bits per heavy atom. The molecule has 0 saturated heterocycles. The number of amides is 1. The van der Waals surface area contributed by atoms with Crippen LogP contribution in [0, 0.1) is 0 Å². The second-order valence-electron chi connectivity index (χ2n) is 13.7. The molecule has 6 N–H and O–H groups in total. The minimum absolute atomic E-state index is 0.0512. The standard InChI is InChI=1S/C38H77N2O7P/c1-3-5-7-9-11-13-15-17-18-20-22-24-26-28-30-37(42)36(34-47-48(44,45)46-32-31-39)40-38(43)33-35(41)29-27-25-23-21-19-16-14-12-10-8-6-4-2/h28,30,35-37,41-42H,3-27,29,31-34,39H2,1-2H3,(H,40,43)(H,44,45)/b30-28+.